The highest BCUT2D eigenvalue weighted by molar-refractivity contribution is 5.60. The van der Waals surface area contributed by atoms with E-state index >= 15 is 0 Å². The molecule has 102 valence electrons. The van der Waals surface area contributed by atoms with Crippen LogP contribution in [0.3, 0.4) is 0 Å². The Kier molecular flexibility index (Phi) is 3.72. The third-order valence-electron chi connectivity index (χ3n) is 2.42. The van der Waals surface area contributed by atoms with Gasteiger partial charge in [-0.1, -0.05) is 0 Å². The first-order valence-electron chi connectivity index (χ1n) is 5.34. The molecule has 2 aromatic rings. The van der Waals surface area contributed by atoms with Gasteiger partial charge in [0.1, 0.15) is 5.82 Å². The molecule has 0 radical (unpaired) electrons. The van der Waals surface area contributed by atoms with Gasteiger partial charge in [0.05, 0.1) is 17.3 Å². The van der Waals surface area contributed by atoms with Crippen LogP contribution in [-0.2, 0) is 0 Å². The van der Waals surface area contributed by atoms with Crippen LogP contribution in [0.2, 0.25) is 0 Å². The van der Waals surface area contributed by atoms with Gasteiger partial charge in [-0.2, -0.15) is 5.26 Å². The van der Waals surface area contributed by atoms with Gasteiger partial charge in [-0.25, -0.2) is 24.0 Å². The Morgan fingerprint density at radius 1 is 1.05 bits per heavy atom. The van der Waals surface area contributed by atoms with E-state index in [4.69, 9.17) is 11.1 Å². The Bertz CT molecular complexity index is 696. The number of nitrogens with zero attached hydrogens (tertiary/aromatic N) is 2. The topological polar surface area (TPSA) is 86.8 Å². The largest absolute Gasteiger partial charge is 0.335 e. The molecule has 0 aliphatic rings. The standard InChI is InChI=1S/C12H8F3N5/c13-7-3-6(5-16)1-2-10(7)18-11-8(14)4-9(15)12(19-11)20-17/h1-4H,17H2,(H2,18,19,20). The Labute approximate surface area is 111 Å². The van der Waals surface area contributed by atoms with Crippen LogP contribution in [0.25, 0.3) is 0 Å². The molecule has 0 spiro atoms. The van der Waals surface area contributed by atoms with Crippen molar-refractivity contribution in [2.45, 2.75) is 0 Å². The summed E-state index contributed by atoms with van der Waals surface area (Å²) in [6, 6.07) is 5.89. The van der Waals surface area contributed by atoms with E-state index in [-0.39, 0.29) is 17.1 Å². The zero-order valence-electron chi connectivity index (χ0n) is 9.92. The van der Waals surface area contributed by atoms with Crippen LogP contribution >= 0.6 is 0 Å². The molecule has 0 aliphatic heterocycles. The minimum Gasteiger partial charge on any atom is -0.335 e. The Balaban J connectivity index is 2.37. The summed E-state index contributed by atoms with van der Waals surface area (Å²) in [7, 11) is 0. The van der Waals surface area contributed by atoms with Gasteiger partial charge in [-0.15, -0.1) is 0 Å². The van der Waals surface area contributed by atoms with Crippen LogP contribution in [0.5, 0.6) is 0 Å². The highest BCUT2D eigenvalue weighted by Gasteiger charge is 2.13. The van der Waals surface area contributed by atoms with Crippen molar-refractivity contribution in [2.24, 2.45) is 5.84 Å². The predicted octanol–water partition coefficient (Wildman–Crippen LogP) is 2.40. The first-order valence-corrected chi connectivity index (χ1v) is 5.34. The van der Waals surface area contributed by atoms with Crippen molar-refractivity contribution in [3.63, 3.8) is 0 Å². The normalized spacial score (nSPS) is 9.95. The molecule has 20 heavy (non-hydrogen) atoms. The minimum absolute atomic E-state index is 0.107. The number of nitrogens with two attached hydrogens (primary N) is 1. The molecule has 0 saturated carbocycles. The first kappa shape index (κ1) is 13.6. The van der Waals surface area contributed by atoms with E-state index in [9.17, 15) is 13.2 Å². The monoisotopic (exact) mass is 279 g/mol. The second-order valence-electron chi connectivity index (χ2n) is 3.72. The van der Waals surface area contributed by atoms with E-state index in [1.165, 1.54) is 12.1 Å². The van der Waals surface area contributed by atoms with E-state index < -0.39 is 23.3 Å². The lowest BCUT2D eigenvalue weighted by Crippen LogP contribution is -2.12. The molecule has 8 heteroatoms. The molecule has 0 amide bonds. The van der Waals surface area contributed by atoms with Crippen LogP contribution in [-0.4, -0.2) is 4.98 Å². The van der Waals surface area contributed by atoms with Crippen LogP contribution in [0.1, 0.15) is 5.56 Å². The molecule has 0 saturated heterocycles. The number of pyridine rings is 1. The maximum Gasteiger partial charge on any atom is 0.178 e. The molecular formula is C12H8F3N5. The first-order chi connectivity index (χ1) is 9.55. The van der Waals surface area contributed by atoms with Gasteiger partial charge in [0, 0.05) is 6.07 Å². The van der Waals surface area contributed by atoms with Gasteiger partial charge in [0.15, 0.2) is 23.3 Å². The van der Waals surface area contributed by atoms with E-state index in [2.05, 4.69) is 10.3 Å². The highest BCUT2D eigenvalue weighted by Crippen LogP contribution is 2.24. The van der Waals surface area contributed by atoms with Gasteiger partial charge in [0.25, 0.3) is 0 Å². The molecule has 1 aromatic carbocycles. The van der Waals surface area contributed by atoms with Gasteiger partial charge >= 0.3 is 0 Å². The second kappa shape index (κ2) is 5.46. The number of hydrogen-bond acceptors (Lipinski definition) is 5. The Hall–Kier alpha value is -2.79. The molecule has 1 aromatic heterocycles. The summed E-state index contributed by atoms with van der Waals surface area (Å²) in [5, 5.41) is 11.0. The quantitative estimate of drug-likeness (QED) is 0.593. The number of anilines is 3. The number of benzene rings is 1. The van der Waals surface area contributed by atoms with E-state index in [1.807, 2.05) is 5.43 Å². The maximum absolute atomic E-state index is 13.6. The summed E-state index contributed by atoms with van der Waals surface area (Å²) in [6.07, 6.45) is 0. The van der Waals surface area contributed by atoms with Crippen molar-refractivity contribution in [1.29, 1.82) is 5.26 Å². The van der Waals surface area contributed by atoms with Crippen LogP contribution in [0.15, 0.2) is 24.3 Å². The van der Waals surface area contributed by atoms with Gasteiger partial charge in [-0.05, 0) is 18.2 Å². The number of hydrogen-bond donors (Lipinski definition) is 3. The number of aromatic nitrogens is 1. The second-order valence-corrected chi connectivity index (χ2v) is 3.72. The van der Waals surface area contributed by atoms with Gasteiger partial charge in [0.2, 0.25) is 0 Å². The minimum atomic E-state index is -1.01. The smallest absolute Gasteiger partial charge is 0.178 e. The molecule has 0 aliphatic carbocycles. The Morgan fingerprint density at radius 3 is 2.35 bits per heavy atom. The highest BCUT2D eigenvalue weighted by atomic mass is 19.1. The van der Waals surface area contributed by atoms with Crippen molar-refractivity contribution in [3.05, 3.63) is 47.3 Å². The lowest BCUT2D eigenvalue weighted by molar-refractivity contribution is 0.579. The van der Waals surface area contributed by atoms with Crippen molar-refractivity contribution in [1.82, 2.24) is 4.98 Å². The average Bonchev–Trinajstić information content (AvgIpc) is 2.43. The zero-order chi connectivity index (χ0) is 14.7. The average molecular weight is 279 g/mol. The molecule has 1 heterocycles. The summed E-state index contributed by atoms with van der Waals surface area (Å²) < 4.78 is 40.3. The van der Waals surface area contributed by atoms with E-state index in [0.717, 1.165) is 6.07 Å². The summed E-state index contributed by atoms with van der Waals surface area (Å²) in [4.78, 5) is 3.54. The fraction of sp³-hybridized carbons (Fsp3) is 0. The van der Waals surface area contributed by atoms with Gasteiger partial charge < -0.3 is 10.7 Å². The van der Waals surface area contributed by atoms with Gasteiger partial charge in [-0.3, -0.25) is 0 Å². The maximum atomic E-state index is 13.6. The number of nitrogens with one attached hydrogen (secondary N) is 2. The molecule has 5 nitrogen and oxygen atoms in total. The molecule has 0 unspecified atom stereocenters. The number of halogens is 3. The van der Waals surface area contributed by atoms with E-state index in [0.29, 0.717) is 6.07 Å². The van der Waals surface area contributed by atoms with Crippen molar-refractivity contribution in [3.8, 4) is 6.07 Å². The summed E-state index contributed by atoms with van der Waals surface area (Å²) in [5.41, 5.74) is 1.96. The van der Waals surface area contributed by atoms with Crippen molar-refractivity contribution < 1.29 is 13.2 Å². The number of nitrogen functional groups attached to an aromatic ring is 1. The molecule has 0 atom stereocenters. The van der Waals surface area contributed by atoms with Crippen LogP contribution < -0.4 is 16.6 Å². The third kappa shape index (κ3) is 2.62. The Morgan fingerprint density at radius 2 is 1.75 bits per heavy atom. The number of nitriles is 1. The van der Waals surface area contributed by atoms with E-state index in [1.54, 1.807) is 6.07 Å². The molecule has 0 fully saturated rings. The van der Waals surface area contributed by atoms with Crippen molar-refractivity contribution in [2.75, 3.05) is 10.7 Å². The lowest BCUT2D eigenvalue weighted by atomic mass is 10.2. The fourth-order valence-electron chi connectivity index (χ4n) is 1.47. The lowest BCUT2D eigenvalue weighted by Gasteiger charge is -2.10. The summed E-state index contributed by atoms with van der Waals surface area (Å²) in [5.74, 6) is 1.48. The summed E-state index contributed by atoms with van der Waals surface area (Å²) in [6.45, 7) is 0. The number of hydrazine groups is 1. The summed E-state index contributed by atoms with van der Waals surface area (Å²) >= 11 is 0. The SMILES string of the molecule is N#Cc1ccc(Nc2nc(NN)c(F)cc2F)c(F)c1. The molecular weight excluding hydrogens is 271 g/mol. The van der Waals surface area contributed by atoms with Crippen LogP contribution in [0, 0.1) is 28.8 Å². The van der Waals surface area contributed by atoms with Crippen molar-refractivity contribution >= 4 is 17.3 Å². The molecule has 0 bridgehead atoms. The molecule has 2 rings (SSSR count). The zero-order valence-corrected chi connectivity index (χ0v) is 9.92. The molecule has 4 N–H and O–H groups in total. The fourth-order valence-corrected chi connectivity index (χ4v) is 1.47. The predicted molar refractivity (Wildman–Crippen MR) is 66.4 cm³/mol. The number of rotatable bonds is 3. The van der Waals surface area contributed by atoms with Crippen LogP contribution in [0.4, 0.5) is 30.5 Å². The third-order valence-corrected chi connectivity index (χ3v) is 2.42.